The van der Waals surface area contributed by atoms with Crippen LogP contribution in [0.5, 0.6) is 0 Å². The van der Waals surface area contributed by atoms with Gasteiger partial charge in [0.15, 0.2) is 10.9 Å². The van der Waals surface area contributed by atoms with Gasteiger partial charge in [-0.05, 0) is 29.6 Å². The van der Waals surface area contributed by atoms with E-state index in [1.807, 2.05) is 53.2 Å². The van der Waals surface area contributed by atoms with Gasteiger partial charge in [0.1, 0.15) is 11.3 Å². The number of amides is 2. The first-order valence-electron chi connectivity index (χ1n) is 6.84. The molecule has 4 rings (SSSR count). The number of carbonyl (C=O) groups is 1. The highest BCUT2D eigenvalue weighted by Gasteiger charge is 2.12. The molecule has 3 heterocycles. The number of thiazole rings is 1. The lowest BCUT2D eigenvalue weighted by molar-refractivity contribution is 0.262. The van der Waals surface area contributed by atoms with E-state index in [4.69, 9.17) is 4.42 Å². The molecule has 4 aromatic rings. The van der Waals surface area contributed by atoms with Crippen LogP contribution in [-0.2, 0) is 0 Å². The van der Waals surface area contributed by atoms with Crippen LogP contribution >= 0.6 is 22.7 Å². The van der Waals surface area contributed by atoms with Crippen LogP contribution in [0, 0.1) is 0 Å². The number of thiophene rings is 1. The molecule has 7 heteroatoms. The number of anilines is 2. The second-order valence-electron chi connectivity index (χ2n) is 4.74. The maximum atomic E-state index is 11.9. The zero-order valence-electron chi connectivity index (χ0n) is 11.8. The van der Waals surface area contributed by atoms with E-state index in [0.29, 0.717) is 16.6 Å². The van der Waals surface area contributed by atoms with Crippen LogP contribution in [0.15, 0.2) is 57.6 Å². The molecule has 0 aliphatic rings. The third kappa shape index (κ3) is 2.96. The van der Waals surface area contributed by atoms with Gasteiger partial charge in [-0.3, -0.25) is 10.6 Å². The van der Waals surface area contributed by atoms with Crippen molar-refractivity contribution in [3.63, 3.8) is 0 Å². The number of fused-ring (bicyclic) bond motifs is 1. The first-order valence-corrected chi connectivity index (χ1v) is 8.60. The van der Waals surface area contributed by atoms with Crippen molar-refractivity contribution < 1.29 is 9.21 Å². The Labute approximate surface area is 139 Å². The monoisotopic (exact) mass is 341 g/mol. The van der Waals surface area contributed by atoms with Crippen molar-refractivity contribution in [1.82, 2.24) is 4.98 Å². The second kappa shape index (κ2) is 5.86. The molecule has 0 saturated carbocycles. The molecule has 0 radical (unpaired) electrons. The molecule has 0 aliphatic carbocycles. The second-order valence-corrected chi connectivity index (χ2v) is 6.55. The van der Waals surface area contributed by atoms with Crippen molar-refractivity contribution in [3.05, 3.63) is 53.2 Å². The molecule has 0 atom stereocenters. The van der Waals surface area contributed by atoms with Crippen LogP contribution in [0.4, 0.5) is 14.9 Å². The topological polar surface area (TPSA) is 67.2 Å². The third-order valence-electron chi connectivity index (χ3n) is 3.16. The van der Waals surface area contributed by atoms with E-state index in [9.17, 15) is 4.79 Å². The van der Waals surface area contributed by atoms with Gasteiger partial charge in [0.05, 0.1) is 5.00 Å². The number of hydrogen-bond acceptors (Lipinski definition) is 5. The highest BCUT2D eigenvalue weighted by atomic mass is 32.1. The fourth-order valence-electron chi connectivity index (χ4n) is 2.14. The average molecular weight is 341 g/mol. The molecule has 0 spiro atoms. The van der Waals surface area contributed by atoms with Crippen LogP contribution in [0.2, 0.25) is 0 Å². The van der Waals surface area contributed by atoms with Crippen LogP contribution in [0.3, 0.4) is 0 Å². The molecule has 3 aromatic heterocycles. The zero-order chi connectivity index (χ0) is 15.6. The maximum Gasteiger partial charge on any atom is 0.326 e. The number of hydrogen-bond donors (Lipinski definition) is 2. The summed E-state index contributed by atoms with van der Waals surface area (Å²) in [5.74, 6) is 0.689. The minimum absolute atomic E-state index is 0.307. The van der Waals surface area contributed by atoms with E-state index in [-0.39, 0.29) is 6.03 Å². The van der Waals surface area contributed by atoms with Gasteiger partial charge in [-0.25, -0.2) is 9.78 Å². The molecule has 0 aliphatic heterocycles. The molecule has 0 fully saturated rings. The number of furan rings is 1. The minimum atomic E-state index is -0.307. The highest BCUT2D eigenvalue weighted by Crippen LogP contribution is 2.30. The first kappa shape index (κ1) is 14.0. The summed E-state index contributed by atoms with van der Waals surface area (Å²) in [7, 11) is 0. The molecule has 2 amide bonds. The van der Waals surface area contributed by atoms with Crippen LogP contribution in [0.25, 0.3) is 22.4 Å². The lowest BCUT2D eigenvalue weighted by atomic mass is 10.2. The number of rotatable bonds is 3. The van der Waals surface area contributed by atoms with E-state index in [0.717, 1.165) is 16.0 Å². The van der Waals surface area contributed by atoms with Crippen molar-refractivity contribution in [1.29, 1.82) is 0 Å². The van der Waals surface area contributed by atoms with Gasteiger partial charge in [0, 0.05) is 10.8 Å². The van der Waals surface area contributed by atoms with Gasteiger partial charge in [-0.1, -0.05) is 18.2 Å². The fourth-order valence-corrected chi connectivity index (χ4v) is 3.45. The summed E-state index contributed by atoms with van der Waals surface area (Å²) in [6, 6.07) is 13.2. The first-order chi connectivity index (χ1) is 11.3. The molecule has 114 valence electrons. The van der Waals surface area contributed by atoms with Crippen molar-refractivity contribution in [2.45, 2.75) is 0 Å². The number of aromatic nitrogens is 1. The Morgan fingerprint density at radius 3 is 2.83 bits per heavy atom. The fraction of sp³-hybridized carbons (Fsp3) is 0. The van der Waals surface area contributed by atoms with Gasteiger partial charge in [0.2, 0.25) is 0 Å². The Morgan fingerprint density at radius 2 is 2.00 bits per heavy atom. The van der Waals surface area contributed by atoms with Crippen LogP contribution < -0.4 is 10.6 Å². The van der Waals surface area contributed by atoms with Gasteiger partial charge in [0.25, 0.3) is 0 Å². The molecule has 0 bridgehead atoms. The number of para-hydroxylation sites is 1. The molecule has 2 N–H and O–H groups in total. The van der Waals surface area contributed by atoms with Crippen molar-refractivity contribution in [3.8, 4) is 11.5 Å². The van der Waals surface area contributed by atoms with Crippen LogP contribution in [0.1, 0.15) is 0 Å². The zero-order valence-corrected chi connectivity index (χ0v) is 13.4. The SMILES string of the molecule is O=C(Nc1cccs1)Nc1nc(-c2cc3ccccc3o2)cs1. The lowest BCUT2D eigenvalue weighted by Gasteiger charge is -2.01. The Morgan fingerprint density at radius 1 is 1.09 bits per heavy atom. The van der Waals surface area contributed by atoms with E-state index < -0.39 is 0 Å². The predicted octanol–water partition coefficient (Wildman–Crippen LogP) is 5.26. The van der Waals surface area contributed by atoms with Gasteiger partial charge in [-0.15, -0.1) is 22.7 Å². The summed E-state index contributed by atoms with van der Waals surface area (Å²) in [4.78, 5) is 16.3. The summed E-state index contributed by atoms with van der Waals surface area (Å²) in [5, 5.41) is 11.6. The molecule has 0 saturated heterocycles. The lowest BCUT2D eigenvalue weighted by Crippen LogP contribution is -2.18. The van der Waals surface area contributed by atoms with Crippen molar-refractivity contribution in [2.75, 3.05) is 10.6 Å². The number of nitrogens with one attached hydrogen (secondary N) is 2. The van der Waals surface area contributed by atoms with Gasteiger partial charge >= 0.3 is 6.03 Å². The quantitative estimate of drug-likeness (QED) is 0.534. The molecular formula is C16H11N3O2S2. The van der Waals surface area contributed by atoms with E-state index >= 15 is 0 Å². The van der Waals surface area contributed by atoms with Crippen molar-refractivity contribution in [2.24, 2.45) is 0 Å². The van der Waals surface area contributed by atoms with Gasteiger partial charge < -0.3 is 4.42 Å². The maximum absolute atomic E-state index is 11.9. The molecule has 0 unspecified atom stereocenters. The average Bonchev–Trinajstić information content (AvgIpc) is 3.26. The molecule has 1 aromatic carbocycles. The summed E-state index contributed by atoms with van der Waals surface area (Å²) < 4.78 is 5.78. The molecule has 5 nitrogen and oxygen atoms in total. The van der Waals surface area contributed by atoms with E-state index in [1.165, 1.54) is 22.7 Å². The summed E-state index contributed by atoms with van der Waals surface area (Å²) in [6.45, 7) is 0. The molecule has 23 heavy (non-hydrogen) atoms. The summed E-state index contributed by atoms with van der Waals surface area (Å²) in [5.41, 5.74) is 1.53. The minimum Gasteiger partial charge on any atom is -0.454 e. The number of carbonyl (C=O) groups excluding carboxylic acids is 1. The third-order valence-corrected chi connectivity index (χ3v) is 4.70. The summed E-state index contributed by atoms with van der Waals surface area (Å²) >= 11 is 2.82. The van der Waals surface area contributed by atoms with E-state index in [1.54, 1.807) is 0 Å². The summed E-state index contributed by atoms with van der Waals surface area (Å²) in [6.07, 6.45) is 0. The number of nitrogens with zero attached hydrogens (tertiary/aromatic N) is 1. The Hall–Kier alpha value is -2.64. The van der Waals surface area contributed by atoms with Gasteiger partial charge in [-0.2, -0.15) is 0 Å². The Balaban J connectivity index is 1.51. The largest absolute Gasteiger partial charge is 0.454 e. The number of urea groups is 1. The normalized spacial score (nSPS) is 10.8. The standard InChI is InChI=1S/C16H11N3O2S2/c20-15(18-14-6-3-7-22-14)19-16-17-11(9-23-16)13-8-10-4-1-2-5-12(10)21-13/h1-9H,(H2,17,18,19,20). The van der Waals surface area contributed by atoms with Crippen molar-refractivity contribution >= 4 is 49.8 Å². The number of benzene rings is 1. The van der Waals surface area contributed by atoms with E-state index in [2.05, 4.69) is 15.6 Å². The smallest absolute Gasteiger partial charge is 0.326 e. The Kier molecular flexibility index (Phi) is 3.57. The Bertz CT molecular complexity index is 924. The highest BCUT2D eigenvalue weighted by molar-refractivity contribution is 7.14. The predicted molar refractivity (Wildman–Crippen MR) is 94.3 cm³/mol. The molecular weight excluding hydrogens is 330 g/mol. The van der Waals surface area contributed by atoms with Crippen LogP contribution in [-0.4, -0.2) is 11.0 Å².